The van der Waals surface area contributed by atoms with E-state index < -0.39 is 0 Å². The highest BCUT2D eigenvalue weighted by Gasteiger charge is 2.13. The van der Waals surface area contributed by atoms with Crippen LogP contribution in [-0.4, -0.2) is 22.9 Å². The minimum Gasteiger partial charge on any atom is -0.469 e. The van der Waals surface area contributed by atoms with Gasteiger partial charge in [0.2, 0.25) is 0 Å². The third-order valence-electron chi connectivity index (χ3n) is 4.22. The van der Waals surface area contributed by atoms with E-state index in [0.29, 0.717) is 29.4 Å². The van der Waals surface area contributed by atoms with Gasteiger partial charge in [0.1, 0.15) is 0 Å². The molecule has 0 fully saturated rings. The second-order valence-electron chi connectivity index (χ2n) is 5.87. The first-order chi connectivity index (χ1) is 12.0. The standard InChI is InChI=1S/C19H18Cl2N2O2/c1-12-14-8-6-13(7-9-19(24)25-2)10-18(14)23(22-12)11-15-16(20)4-3-5-17(15)21/h3-6,8,10H,7,9,11H2,1-2H3. The molecule has 1 heterocycles. The van der Waals surface area contributed by atoms with Gasteiger partial charge in [0.05, 0.1) is 24.9 Å². The second kappa shape index (κ2) is 7.46. The number of aromatic nitrogens is 2. The molecule has 25 heavy (non-hydrogen) atoms. The molecule has 0 radical (unpaired) electrons. The van der Waals surface area contributed by atoms with E-state index in [2.05, 4.69) is 11.2 Å². The molecule has 0 amide bonds. The highest BCUT2D eigenvalue weighted by molar-refractivity contribution is 6.36. The van der Waals surface area contributed by atoms with Gasteiger partial charge in [-0.05, 0) is 37.1 Å². The smallest absolute Gasteiger partial charge is 0.305 e. The maximum Gasteiger partial charge on any atom is 0.305 e. The number of methoxy groups -OCH3 is 1. The van der Waals surface area contributed by atoms with Gasteiger partial charge >= 0.3 is 5.97 Å². The molecular weight excluding hydrogens is 359 g/mol. The van der Waals surface area contributed by atoms with Crippen LogP contribution in [0, 0.1) is 6.92 Å². The van der Waals surface area contributed by atoms with Crippen molar-refractivity contribution in [3.05, 3.63) is 63.3 Å². The summed E-state index contributed by atoms with van der Waals surface area (Å²) < 4.78 is 6.61. The lowest BCUT2D eigenvalue weighted by atomic mass is 10.1. The fourth-order valence-electron chi connectivity index (χ4n) is 2.84. The van der Waals surface area contributed by atoms with Crippen LogP contribution in [0.25, 0.3) is 10.9 Å². The van der Waals surface area contributed by atoms with E-state index in [1.807, 2.05) is 41.9 Å². The van der Waals surface area contributed by atoms with E-state index in [0.717, 1.165) is 27.7 Å². The van der Waals surface area contributed by atoms with Crippen molar-refractivity contribution >= 4 is 40.1 Å². The lowest BCUT2D eigenvalue weighted by molar-refractivity contribution is -0.140. The summed E-state index contributed by atoms with van der Waals surface area (Å²) in [6, 6.07) is 11.6. The first kappa shape index (κ1) is 17.8. The van der Waals surface area contributed by atoms with Gasteiger partial charge in [-0.3, -0.25) is 9.48 Å². The Balaban J connectivity index is 1.96. The SMILES string of the molecule is COC(=O)CCc1ccc2c(C)nn(Cc3c(Cl)cccc3Cl)c2c1. The van der Waals surface area contributed by atoms with Gasteiger partial charge in [-0.15, -0.1) is 0 Å². The zero-order chi connectivity index (χ0) is 18.0. The fourth-order valence-corrected chi connectivity index (χ4v) is 3.36. The van der Waals surface area contributed by atoms with E-state index in [4.69, 9.17) is 27.9 Å². The molecule has 0 bridgehead atoms. The Labute approximate surface area is 156 Å². The molecular formula is C19H18Cl2N2O2. The number of fused-ring (bicyclic) bond motifs is 1. The molecule has 3 aromatic rings. The quantitative estimate of drug-likeness (QED) is 0.600. The number of carbonyl (C=O) groups is 1. The molecule has 0 aliphatic carbocycles. The average Bonchev–Trinajstić information content (AvgIpc) is 2.91. The number of hydrogen-bond acceptors (Lipinski definition) is 3. The normalized spacial score (nSPS) is 11.0. The van der Waals surface area contributed by atoms with E-state index in [-0.39, 0.29) is 5.97 Å². The Morgan fingerprint density at radius 2 is 1.92 bits per heavy atom. The van der Waals surface area contributed by atoms with E-state index >= 15 is 0 Å². The van der Waals surface area contributed by atoms with Crippen LogP contribution in [0.1, 0.15) is 23.2 Å². The monoisotopic (exact) mass is 376 g/mol. The Morgan fingerprint density at radius 3 is 2.60 bits per heavy atom. The van der Waals surface area contributed by atoms with Crippen molar-refractivity contribution in [2.75, 3.05) is 7.11 Å². The van der Waals surface area contributed by atoms with Gasteiger partial charge < -0.3 is 4.74 Å². The highest BCUT2D eigenvalue weighted by atomic mass is 35.5. The molecule has 2 aromatic carbocycles. The largest absolute Gasteiger partial charge is 0.469 e. The number of nitrogens with zero attached hydrogens (tertiary/aromatic N) is 2. The summed E-state index contributed by atoms with van der Waals surface area (Å²) in [5, 5.41) is 6.94. The summed E-state index contributed by atoms with van der Waals surface area (Å²) >= 11 is 12.6. The molecule has 6 heteroatoms. The Morgan fingerprint density at radius 1 is 1.20 bits per heavy atom. The Bertz CT molecular complexity index is 914. The average molecular weight is 377 g/mol. The molecule has 0 saturated heterocycles. The van der Waals surface area contributed by atoms with Crippen LogP contribution in [0.2, 0.25) is 10.0 Å². The van der Waals surface area contributed by atoms with Crippen molar-refractivity contribution in [2.24, 2.45) is 0 Å². The summed E-state index contributed by atoms with van der Waals surface area (Å²) in [6.07, 6.45) is 0.977. The zero-order valence-corrected chi connectivity index (χ0v) is 15.6. The van der Waals surface area contributed by atoms with Crippen molar-refractivity contribution in [3.8, 4) is 0 Å². The zero-order valence-electron chi connectivity index (χ0n) is 14.1. The van der Waals surface area contributed by atoms with Crippen molar-refractivity contribution in [1.82, 2.24) is 9.78 Å². The number of hydrogen-bond donors (Lipinski definition) is 0. The van der Waals surface area contributed by atoms with Crippen molar-refractivity contribution in [1.29, 1.82) is 0 Å². The Kier molecular flexibility index (Phi) is 5.30. The number of benzene rings is 2. The number of rotatable bonds is 5. The Hall–Kier alpha value is -2.04. The highest BCUT2D eigenvalue weighted by Crippen LogP contribution is 2.27. The number of aryl methyl sites for hydroxylation is 2. The molecule has 0 saturated carbocycles. The minimum atomic E-state index is -0.215. The second-order valence-corrected chi connectivity index (χ2v) is 6.69. The molecule has 0 aliphatic rings. The molecule has 130 valence electrons. The summed E-state index contributed by atoms with van der Waals surface area (Å²) in [4.78, 5) is 11.4. The molecule has 3 rings (SSSR count). The van der Waals surface area contributed by atoms with Gasteiger partial charge in [-0.1, -0.05) is 41.4 Å². The summed E-state index contributed by atoms with van der Waals surface area (Å²) in [6.45, 7) is 2.46. The van der Waals surface area contributed by atoms with Crippen molar-refractivity contribution < 1.29 is 9.53 Å². The summed E-state index contributed by atoms with van der Waals surface area (Å²) in [5.41, 5.74) is 3.84. The lowest BCUT2D eigenvalue weighted by Crippen LogP contribution is -2.04. The molecule has 0 spiro atoms. The topological polar surface area (TPSA) is 44.1 Å². The van der Waals surface area contributed by atoms with Gasteiger partial charge in [-0.2, -0.15) is 5.10 Å². The third kappa shape index (κ3) is 3.80. The maximum absolute atomic E-state index is 11.4. The van der Waals surface area contributed by atoms with Gasteiger partial charge in [-0.25, -0.2) is 0 Å². The van der Waals surface area contributed by atoms with Crippen molar-refractivity contribution in [2.45, 2.75) is 26.3 Å². The van der Waals surface area contributed by atoms with E-state index in [1.54, 1.807) is 0 Å². The third-order valence-corrected chi connectivity index (χ3v) is 4.92. The molecule has 0 unspecified atom stereocenters. The predicted octanol–water partition coefficient (Wildman–Crippen LogP) is 4.81. The fraction of sp³-hybridized carbons (Fsp3) is 0.263. The first-order valence-electron chi connectivity index (χ1n) is 7.95. The summed E-state index contributed by atoms with van der Waals surface area (Å²) in [5.74, 6) is -0.215. The van der Waals surface area contributed by atoms with Gasteiger partial charge in [0.25, 0.3) is 0 Å². The first-order valence-corrected chi connectivity index (χ1v) is 8.71. The van der Waals surface area contributed by atoms with Crippen LogP contribution in [0.5, 0.6) is 0 Å². The van der Waals surface area contributed by atoms with Crippen LogP contribution >= 0.6 is 23.2 Å². The molecule has 0 atom stereocenters. The molecule has 1 aromatic heterocycles. The number of halogens is 2. The van der Waals surface area contributed by atoms with E-state index in [1.165, 1.54) is 7.11 Å². The summed E-state index contributed by atoms with van der Waals surface area (Å²) in [7, 11) is 1.40. The number of ether oxygens (including phenoxy) is 1. The van der Waals surface area contributed by atoms with Gasteiger partial charge in [0, 0.05) is 27.4 Å². The van der Waals surface area contributed by atoms with Crippen LogP contribution in [0.3, 0.4) is 0 Å². The van der Waals surface area contributed by atoms with Crippen LogP contribution < -0.4 is 0 Å². The molecule has 0 N–H and O–H groups in total. The maximum atomic E-state index is 11.4. The predicted molar refractivity (Wildman–Crippen MR) is 100 cm³/mol. The van der Waals surface area contributed by atoms with Crippen LogP contribution in [0.4, 0.5) is 0 Å². The van der Waals surface area contributed by atoms with Crippen LogP contribution in [0.15, 0.2) is 36.4 Å². The minimum absolute atomic E-state index is 0.215. The number of esters is 1. The molecule has 4 nitrogen and oxygen atoms in total. The van der Waals surface area contributed by atoms with Crippen LogP contribution in [-0.2, 0) is 22.5 Å². The lowest BCUT2D eigenvalue weighted by Gasteiger charge is -2.09. The van der Waals surface area contributed by atoms with Gasteiger partial charge in [0.15, 0.2) is 0 Å². The molecule has 0 aliphatic heterocycles. The van der Waals surface area contributed by atoms with Crippen molar-refractivity contribution in [3.63, 3.8) is 0 Å². The van der Waals surface area contributed by atoms with E-state index in [9.17, 15) is 4.79 Å². The number of carbonyl (C=O) groups excluding carboxylic acids is 1.